The molecule has 0 fully saturated rings. The Kier molecular flexibility index (Phi) is 6.69. The van der Waals surface area contributed by atoms with E-state index in [9.17, 15) is 23.2 Å². The molecule has 1 aliphatic heterocycles. The predicted octanol–water partition coefficient (Wildman–Crippen LogP) is 4.81. The van der Waals surface area contributed by atoms with Crippen molar-refractivity contribution in [2.45, 2.75) is 24.3 Å². The number of nitrogens with zero attached hydrogens (tertiary/aromatic N) is 4. The number of amides is 1. The van der Waals surface area contributed by atoms with Crippen molar-refractivity contribution in [3.8, 4) is 17.3 Å². The van der Waals surface area contributed by atoms with Crippen molar-refractivity contribution in [3.05, 3.63) is 58.1 Å². The van der Waals surface area contributed by atoms with Crippen LogP contribution in [-0.2, 0) is 23.9 Å². The number of hydrogen-bond donors (Lipinski definition) is 1. The summed E-state index contributed by atoms with van der Waals surface area (Å²) in [5.41, 5.74) is 0.994. The number of halogens is 3. The fourth-order valence-corrected chi connectivity index (χ4v) is 5.37. The van der Waals surface area contributed by atoms with E-state index in [2.05, 4.69) is 26.3 Å². The number of alkyl halides is 3. The van der Waals surface area contributed by atoms with E-state index in [0.717, 1.165) is 41.2 Å². The molecular formula is C22H18F3N5OS2. The fraction of sp³-hybridized carbons (Fsp3) is 0.273. The minimum absolute atomic E-state index is 0.127. The van der Waals surface area contributed by atoms with Gasteiger partial charge in [-0.1, -0.05) is 42.1 Å². The molecule has 0 atom stereocenters. The van der Waals surface area contributed by atoms with Crippen LogP contribution in [0.15, 0.2) is 41.6 Å². The Hall–Kier alpha value is -2.94. The highest BCUT2D eigenvalue weighted by molar-refractivity contribution is 7.99. The van der Waals surface area contributed by atoms with Gasteiger partial charge in [0.05, 0.1) is 17.0 Å². The lowest BCUT2D eigenvalue weighted by Gasteiger charge is -2.21. The molecule has 0 bridgehead atoms. The van der Waals surface area contributed by atoms with E-state index in [1.807, 2.05) is 7.05 Å². The van der Waals surface area contributed by atoms with Gasteiger partial charge in [0.1, 0.15) is 16.8 Å². The van der Waals surface area contributed by atoms with E-state index in [-0.39, 0.29) is 16.6 Å². The number of thioether (sulfide) groups is 1. The monoisotopic (exact) mass is 489 g/mol. The Morgan fingerprint density at radius 2 is 2.06 bits per heavy atom. The lowest BCUT2D eigenvalue weighted by Crippen LogP contribution is -2.25. The van der Waals surface area contributed by atoms with Crippen LogP contribution in [0.4, 0.5) is 18.2 Å². The average Bonchev–Trinajstić information content (AvgIpc) is 3.13. The summed E-state index contributed by atoms with van der Waals surface area (Å²) in [4.78, 5) is 23.5. The highest BCUT2D eigenvalue weighted by Gasteiger charge is 2.34. The summed E-state index contributed by atoms with van der Waals surface area (Å²) in [6, 6.07) is 11.5. The molecule has 1 aromatic carbocycles. The Labute approximate surface area is 196 Å². The van der Waals surface area contributed by atoms with Crippen LogP contribution in [0.25, 0.3) is 11.3 Å². The average molecular weight is 490 g/mol. The first kappa shape index (κ1) is 23.2. The predicted molar refractivity (Wildman–Crippen MR) is 121 cm³/mol. The molecule has 170 valence electrons. The van der Waals surface area contributed by atoms with Gasteiger partial charge in [-0.2, -0.15) is 18.4 Å². The van der Waals surface area contributed by atoms with E-state index in [1.165, 1.54) is 11.3 Å². The SMILES string of the molecule is CN1CCc2c(sc(NC(=O)CSc3nc(-c4ccccc4)cc(C(F)(F)F)n3)c2C#N)C1. The second-order valence-electron chi connectivity index (χ2n) is 7.43. The van der Waals surface area contributed by atoms with Crippen molar-refractivity contribution in [2.24, 2.45) is 0 Å². The zero-order valence-corrected chi connectivity index (χ0v) is 19.1. The Morgan fingerprint density at radius 1 is 1.30 bits per heavy atom. The summed E-state index contributed by atoms with van der Waals surface area (Å²) in [6.07, 6.45) is -3.91. The third-order valence-corrected chi connectivity index (χ3v) is 6.99. The van der Waals surface area contributed by atoms with Crippen LogP contribution in [0, 0.1) is 11.3 Å². The molecule has 3 aromatic rings. The number of carbonyl (C=O) groups excluding carboxylic acids is 1. The van der Waals surface area contributed by atoms with E-state index in [1.54, 1.807) is 30.3 Å². The number of anilines is 1. The molecule has 1 aliphatic rings. The third-order valence-electron chi connectivity index (χ3n) is 5.01. The molecule has 0 aliphatic carbocycles. The smallest absolute Gasteiger partial charge is 0.316 e. The van der Waals surface area contributed by atoms with E-state index in [0.29, 0.717) is 22.7 Å². The summed E-state index contributed by atoms with van der Waals surface area (Å²) >= 11 is 2.18. The first-order valence-corrected chi connectivity index (χ1v) is 11.7. The molecule has 1 amide bonds. The maximum absolute atomic E-state index is 13.4. The second-order valence-corrected chi connectivity index (χ2v) is 9.48. The van der Waals surface area contributed by atoms with Gasteiger partial charge in [0.25, 0.3) is 0 Å². The third kappa shape index (κ3) is 5.35. The standard InChI is InChI=1S/C22H18F3N5OS2/c1-30-8-7-14-15(10-26)20(33-17(14)11-30)29-19(31)12-32-21-27-16(13-5-3-2-4-6-13)9-18(28-21)22(23,24)25/h2-6,9H,7-8,11-12H2,1H3,(H,29,31). The quantitative estimate of drug-likeness (QED) is 0.409. The van der Waals surface area contributed by atoms with E-state index >= 15 is 0 Å². The molecule has 1 N–H and O–H groups in total. The topological polar surface area (TPSA) is 81.9 Å². The van der Waals surface area contributed by atoms with Gasteiger partial charge in [-0.05, 0) is 25.1 Å². The van der Waals surface area contributed by atoms with Crippen LogP contribution < -0.4 is 5.32 Å². The number of benzene rings is 1. The second kappa shape index (κ2) is 9.51. The number of aromatic nitrogens is 2. The molecule has 0 spiro atoms. The van der Waals surface area contributed by atoms with Crippen LogP contribution in [0.1, 0.15) is 21.7 Å². The summed E-state index contributed by atoms with van der Waals surface area (Å²) in [5, 5.41) is 12.6. The van der Waals surface area contributed by atoms with Crippen molar-refractivity contribution < 1.29 is 18.0 Å². The van der Waals surface area contributed by atoms with Crippen LogP contribution in [0.3, 0.4) is 0 Å². The number of carbonyl (C=O) groups is 1. The summed E-state index contributed by atoms with van der Waals surface area (Å²) in [6.45, 7) is 1.54. The maximum atomic E-state index is 13.4. The van der Waals surface area contributed by atoms with Gasteiger partial charge in [-0.15, -0.1) is 11.3 Å². The van der Waals surface area contributed by atoms with E-state index in [4.69, 9.17) is 0 Å². The number of thiophene rings is 1. The first-order valence-electron chi connectivity index (χ1n) is 9.92. The van der Waals surface area contributed by atoms with Gasteiger partial charge >= 0.3 is 6.18 Å². The van der Waals surface area contributed by atoms with Gasteiger partial charge in [0, 0.05) is 23.5 Å². The first-order chi connectivity index (χ1) is 15.7. The fourth-order valence-electron chi connectivity index (χ4n) is 3.42. The van der Waals surface area contributed by atoms with Crippen molar-refractivity contribution in [1.82, 2.24) is 14.9 Å². The van der Waals surface area contributed by atoms with Gasteiger partial charge in [-0.3, -0.25) is 4.79 Å². The zero-order chi connectivity index (χ0) is 23.6. The van der Waals surface area contributed by atoms with Gasteiger partial charge in [0.15, 0.2) is 5.16 Å². The highest BCUT2D eigenvalue weighted by atomic mass is 32.2. The molecule has 0 saturated heterocycles. The largest absolute Gasteiger partial charge is 0.433 e. The van der Waals surface area contributed by atoms with Crippen molar-refractivity contribution in [3.63, 3.8) is 0 Å². The molecule has 4 rings (SSSR count). The minimum atomic E-state index is -4.64. The zero-order valence-electron chi connectivity index (χ0n) is 17.4. The number of hydrogen-bond acceptors (Lipinski definition) is 7. The number of nitrogens with one attached hydrogen (secondary N) is 1. The molecule has 6 nitrogen and oxygen atoms in total. The molecule has 33 heavy (non-hydrogen) atoms. The van der Waals surface area contributed by atoms with Crippen LogP contribution in [0.2, 0.25) is 0 Å². The highest BCUT2D eigenvalue weighted by Crippen LogP contribution is 2.36. The van der Waals surface area contributed by atoms with Gasteiger partial charge in [-0.25, -0.2) is 9.97 Å². The Bertz CT molecular complexity index is 1220. The summed E-state index contributed by atoms with van der Waals surface area (Å²) in [7, 11) is 1.99. The van der Waals surface area contributed by atoms with Crippen LogP contribution in [0.5, 0.6) is 0 Å². The molecule has 3 heterocycles. The number of rotatable bonds is 5. The molecular weight excluding hydrogens is 471 g/mol. The summed E-state index contributed by atoms with van der Waals surface area (Å²) < 4.78 is 40.1. The van der Waals surface area contributed by atoms with Crippen molar-refractivity contribution in [2.75, 3.05) is 24.7 Å². The maximum Gasteiger partial charge on any atom is 0.433 e. The molecule has 2 aromatic heterocycles. The van der Waals surface area contributed by atoms with E-state index < -0.39 is 17.8 Å². The number of nitriles is 1. The normalized spacial score (nSPS) is 13.9. The Morgan fingerprint density at radius 3 is 2.76 bits per heavy atom. The molecule has 0 radical (unpaired) electrons. The van der Waals surface area contributed by atoms with Crippen molar-refractivity contribution >= 4 is 34.0 Å². The van der Waals surface area contributed by atoms with Gasteiger partial charge in [0.2, 0.25) is 5.91 Å². The van der Waals surface area contributed by atoms with Gasteiger partial charge < -0.3 is 10.2 Å². The lowest BCUT2D eigenvalue weighted by molar-refractivity contribution is -0.141. The Balaban J connectivity index is 1.51. The number of fused-ring (bicyclic) bond motifs is 1. The van der Waals surface area contributed by atoms with Crippen LogP contribution >= 0.6 is 23.1 Å². The van der Waals surface area contributed by atoms with Crippen LogP contribution in [-0.4, -0.2) is 40.1 Å². The molecule has 0 saturated carbocycles. The minimum Gasteiger partial charge on any atom is -0.316 e. The summed E-state index contributed by atoms with van der Waals surface area (Å²) in [5.74, 6) is -0.631. The van der Waals surface area contributed by atoms with Crippen molar-refractivity contribution in [1.29, 1.82) is 5.26 Å². The number of likely N-dealkylation sites (N-methyl/N-ethyl adjacent to an activating group) is 1. The lowest BCUT2D eigenvalue weighted by atomic mass is 10.0. The molecule has 0 unspecified atom stereocenters. The molecule has 11 heteroatoms.